The van der Waals surface area contributed by atoms with Gasteiger partial charge in [-0.25, -0.2) is 8.42 Å². The van der Waals surface area contributed by atoms with E-state index in [2.05, 4.69) is 4.90 Å². The van der Waals surface area contributed by atoms with Crippen LogP contribution in [0.3, 0.4) is 0 Å². The number of β-amino-alcohol motifs (C(OH)–C–C–N with tert-alkyl or cyclic N) is 1. The molecule has 1 aliphatic rings. The Bertz CT molecular complexity index is 566. The first-order chi connectivity index (χ1) is 9.93. The molecule has 6 nitrogen and oxygen atoms in total. The fourth-order valence-corrected chi connectivity index (χ4v) is 3.89. The second-order valence-electron chi connectivity index (χ2n) is 5.23. The normalized spacial score (nSPS) is 19.4. The van der Waals surface area contributed by atoms with E-state index in [1.165, 1.54) is 17.5 Å². The SMILES string of the molecule is COc1cccc(S(=O)(=O)N2CCN(CC(C)O)CC2)c1. The molecular formula is C14H22N2O4S. The maximum atomic E-state index is 12.6. The first kappa shape index (κ1) is 16.2. The van der Waals surface area contributed by atoms with Gasteiger partial charge in [-0.1, -0.05) is 6.07 Å². The lowest BCUT2D eigenvalue weighted by Gasteiger charge is -2.34. The topological polar surface area (TPSA) is 70.1 Å². The summed E-state index contributed by atoms with van der Waals surface area (Å²) in [7, 11) is -1.97. The van der Waals surface area contributed by atoms with Crippen molar-refractivity contribution in [1.29, 1.82) is 0 Å². The summed E-state index contributed by atoms with van der Waals surface area (Å²) >= 11 is 0. The molecule has 1 N–H and O–H groups in total. The third-order valence-electron chi connectivity index (χ3n) is 3.53. The van der Waals surface area contributed by atoms with Gasteiger partial charge in [0.15, 0.2) is 0 Å². The average Bonchev–Trinajstić information content (AvgIpc) is 2.47. The zero-order chi connectivity index (χ0) is 15.5. The van der Waals surface area contributed by atoms with Crippen molar-refractivity contribution in [1.82, 2.24) is 9.21 Å². The van der Waals surface area contributed by atoms with E-state index in [-0.39, 0.29) is 4.90 Å². The highest BCUT2D eigenvalue weighted by Crippen LogP contribution is 2.21. The zero-order valence-corrected chi connectivity index (χ0v) is 13.2. The molecule has 1 saturated heterocycles. The van der Waals surface area contributed by atoms with Crippen LogP contribution in [0.5, 0.6) is 5.75 Å². The van der Waals surface area contributed by atoms with Crippen molar-refractivity contribution in [2.75, 3.05) is 39.8 Å². The van der Waals surface area contributed by atoms with E-state index in [4.69, 9.17) is 4.74 Å². The van der Waals surface area contributed by atoms with E-state index in [0.29, 0.717) is 38.5 Å². The molecule has 0 aromatic heterocycles. The first-order valence-corrected chi connectivity index (χ1v) is 8.42. The van der Waals surface area contributed by atoms with Crippen LogP contribution >= 0.6 is 0 Å². The number of nitrogens with zero attached hydrogens (tertiary/aromatic N) is 2. The Hall–Kier alpha value is -1.15. The van der Waals surface area contributed by atoms with Crippen molar-refractivity contribution in [3.8, 4) is 5.75 Å². The Balaban J connectivity index is 2.07. The Morgan fingerprint density at radius 3 is 2.52 bits per heavy atom. The molecule has 0 bridgehead atoms. The molecule has 1 aromatic carbocycles. The van der Waals surface area contributed by atoms with Crippen LogP contribution in [0.25, 0.3) is 0 Å². The fourth-order valence-electron chi connectivity index (χ4n) is 2.44. The second kappa shape index (κ2) is 6.74. The zero-order valence-electron chi connectivity index (χ0n) is 12.4. The lowest BCUT2D eigenvalue weighted by atomic mass is 10.3. The molecule has 0 spiro atoms. The Labute approximate surface area is 126 Å². The van der Waals surface area contributed by atoms with Gasteiger partial charge in [-0.05, 0) is 19.1 Å². The second-order valence-corrected chi connectivity index (χ2v) is 7.17. The van der Waals surface area contributed by atoms with Crippen LogP contribution < -0.4 is 4.74 Å². The van der Waals surface area contributed by atoms with Crippen molar-refractivity contribution in [3.05, 3.63) is 24.3 Å². The van der Waals surface area contributed by atoms with E-state index in [1.807, 2.05) is 0 Å². The molecular weight excluding hydrogens is 292 g/mol. The van der Waals surface area contributed by atoms with Gasteiger partial charge in [0.1, 0.15) is 5.75 Å². The van der Waals surface area contributed by atoms with E-state index < -0.39 is 16.1 Å². The average molecular weight is 314 g/mol. The number of ether oxygens (including phenoxy) is 1. The van der Waals surface area contributed by atoms with Crippen molar-refractivity contribution >= 4 is 10.0 Å². The van der Waals surface area contributed by atoms with Crippen LogP contribution in [0.2, 0.25) is 0 Å². The molecule has 1 aromatic rings. The predicted octanol–water partition coefficient (Wildman–Crippen LogP) is 0.382. The number of piperazine rings is 1. The lowest BCUT2D eigenvalue weighted by Crippen LogP contribution is -2.50. The number of aliphatic hydroxyl groups is 1. The Kier molecular flexibility index (Phi) is 5.21. The van der Waals surface area contributed by atoms with Gasteiger partial charge in [-0.3, -0.25) is 4.90 Å². The maximum absolute atomic E-state index is 12.6. The highest BCUT2D eigenvalue weighted by Gasteiger charge is 2.28. The molecule has 1 unspecified atom stereocenters. The third kappa shape index (κ3) is 3.94. The van der Waals surface area contributed by atoms with E-state index in [1.54, 1.807) is 25.1 Å². The molecule has 7 heteroatoms. The maximum Gasteiger partial charge on any atom is 0.243 e. The van der Waals surface area contributed by atoms with Crippen LogP contribution in [0.1, 0.15) is 6.92 Å². The lowest BCUT2D eigenvalue weighted by molar-refractivity contribution is 0.103. The summed E-state index contributed by atoms with van der Waals surface area (Å²) in [5.74, 6) is 0.531. The van der Waals surface area contributed by atoms with Crippen LogP contribution in [0.4, 0.5) is 0 Å². The smallest absolute Gasteiger partial charge is 0.243 e. The standard InChI is InChI=1S/C14H22N2O4S/c1-12(17)11-15-6-8-16(9-7-15)21(18,19)14-5-3-4-13(10-14)20-2/h3-5,10,12,17H,6-9,11H2,1-2H3. The van der Waals surface area contributed by atoms with Crippen molar-refractivity contribution in [2.24, 2.45) is 0 Å². The first-order valence-electron chi connectivity index (χ1n) is 6.98. The summed E-state index contributed by atoms with van der Waals surface area (Å²) in [5, 5.41) is 9.38. The van der Waals surface area contributed by atoms with E-state index in [9.17, 15) is 13.5 Å². The van der Waals surface area contributed by atoms with Gasteiger partial charge in [0, 0.05) is 38.8 Å². The molecule has 21 heavy (non-hydrogen) atoms. The Morgan fingerprint density at radius 1 is 1.29 bits per heavy atom. The van der Waals surface area contributed by atoms with Gasteiger partial charge in [-0.2, -0.15) is 4.31 Å². The highest BCUT2D eigenvalue weighted by atomic mass is 32.2. The van der Waals surface area contributed by atoms with Gasteiger partial charge in [0.2, 0.25) is 10.0 Å². The molecule has 1 aliphatic heterocycles. The summed E-state index contributed by atoms with van der Waals surface area (Å²) < 4.78 is 31.7. The van der Waals surface area contributed by atoms with Crippen molar-refractivity contribution in [2.45, 2.75) is 17.9 Å². The quantitative estimate of drug-likeness (QED) is 0.851. The van der Waals surface area contributed by atoms with Crippen molar-refractivity contribution in [3.63, 3.8) is 0 Å². The molecule has 0 saturated carbocycles. The molecule has 0 radical (unpaired) electrons. The molecule has 1 atom stereocenters. The van der Waals surface area contributed by atoms with Crippen LogP contribution in [0, 0.1) is 0 Å². The summed E-state index contributed by atoms with van der Waals surface area (Å²) in [5.41, 5.74) is 0. The van der Waals surface area contributed by atoms with Crippen LogP contribution in [0.15, 0.2) is 29.2 Å². The van der Waals surface area contributed by atoms with E-state index in [0.717, 1.165) is 0 Å². The minimum Gasteiger partial charge on any atom is -0.497 e. The van der Waals surface area contributed by atoms with E-state index >= 15 is 0 Å². The summed E-state index contributed by atoms with van der Waals surface area (Å²) in [6.45, 7) is 4.45. The minimum atomic E-state index is -3.48. The third-order valence-corrected chi connectivity index (χ3v) is 5.43. The number of methoxy groups -OCH3 is 1. The number of benzene rings is 1. The number of hydrogen-bond donors (Lipinski definition) is 1. The molecule has 0 aliphatic carbocycles. The highest BCUT2D eigenvalue weighted by molar-refractivity contribution is 7.89. The van der Waals surface area contributed by atoms with Crippen LogP contribution in [-0.4, -0.2) is 68.7 Å². The number of hydrogen-bond acceptors (Lipinski definition) is 5. The Morgan fingerprint density at radius 2 is 1.95 bits per heavy atom. The minimum absolute atomic E-state index is 0.255. The van der Waals surface area contributed by atoms with Gasteiger partial charge >= 0.3 is 0 Å². The molecule has 1 heterocycles. The summed E-state index contributed by atoms with van der Waals surface area (Å²) in [4.78, 5) is 2.33. The predicted molar refractivity (Wildman–Crippen MR) is 79.9 cm³/mol. The molecule has 1 fully saturated rings. The number of sulfonamides is 1. The molecule has 118 valence electrons. The summed E-state index contributed by atoms with van der Waals surface area (Å²) in [6.07, 6.45) is -0.397. The monoisotopic (exact) mass is 314 g/mol. The largest absolute Gasteiger partial charge is 0.497 e. The van der Waals surface area contributed by atoms with Crippen LogP contribution in [-0.2, 0) is 10.0 Å². The van der Waals surface area contributed by atoms with Gasteiger partial charge < -0.3 is 9.84 Å². The molecule has 2 rings (SSSR count). The fraction of sp³-hybridized carbons (Fsp3) is 0.571. The van der Waals surface area contributed by atoms with Gasteiger partial charge in [-0.15, -0.1) is 0 Å². The van der Waals surface area contributed by atoms with Gasteiger partial charge in [0.05, 0.1) is 18.1 Å². The van der Waals surface area contributed by atoms with Gasteiger partial charge in [0.25, 0.3) is 0 Å². The number of rotatable bonds is 5. The van der Waals surface area contributed by atoms with Crippen molar-refractivity contribution < 1.29 is 18.3 Å². The summed E-state index contributed by atoms with van der Waals surface area (Å²) in [6, 6.07) is 6.52. The molecule has 0 amide bonds. The number of aliphatic hydroxyl groups excluding tert-OH is 1.